The van der Waals surface area contributed by atoms with Crippen molar-refractivity contribution in [3.63, 3.8) is 0 Å². The molecule has 1 aliphatic carbocycles. The Morgan fingerprint density at radius 2 is 2.06 bits per heavy atom. The van der Waals surface area contributed by atoms with Crippen LogP contribution in [0.2, 0.25) is 5.02 Å². The summed E-state index contributed by atoms with van der Waals surface area (Å²) in [5.41, 5.74) is 2.05. The van der Waals surface area contributed by atoms with Crippen molar-refractivity contribution in [3.8, 4) is 0 Å². The van der Waals surface area contributed by atoms with E-state index in [0.29, 0.717) is 5.92 Å². The molecular weight excluding hydrogens is 220 g/mol. The average molecular weight is 239 g/mol. The van der Waals surface area contributed by atoms with E-state index in [1.807, 2.05) is 25.1 Å². The molecule has 1 saturated carbocycles. The zero-order chi connectivity index (χ0) is 11.5. The summed E-state index contributed by atoms with van der Waals surface area (Å²) in [5, 5.41) is 10.9. The molecule has 0 aromatic heterocycles. The van der Waals surface area contributed by atoms with Gasteiger partial charge >= 0.3 is 0 Å². The lowest BCUT2D eigenvalue weighted by atomic mass is 9.95. The molecule has 0 aliphatic heterocycles. The van der Waals surface area contributed by atoms with Gasteiger partial charge in [0.2, 0.25) is 0 Å². The van der Waals surface area contributed by atoms with Crippen LogP contribution in [0.1, 0.15) is 49.3 Å². The van der Waals surface area contributed by atoms with Gasteiger partial charge in [0.1, 0.15) is 0 Å². The second-order valence-corrected chi connectivity index (χ2v) is 5.32. The molecule has 0 saturated heterocycles. The maximum atomic E-state index is 10.2. The predicted octanol–water partition coefficient (Wildman–Crippen LogP) is 4.26. The van der Waals surface area contributed by atoms with Crippen LogP contribution in [0.15, 0.2) is 18.2 Å². The molecule has 2 rings (SSSR count). The normalized spacial score (nSPS) is 18.9. The second kappa shape index (κ2) is 5.20. The Morgan fingerprint density at radius 1 is 1.38 bits per heavy atom. The van der Waals surface area contributed by atoms with Crippen molar-refractivity contribution >= 4 is 11.6 Å². The summed E-state index contributed by atoms with van der Waals surface area (Å²) in [7, 11) is 0. The first-order valence-corrected chi connectivity index (χ1v) is 6.48. The Balaban J connectivity index is 2.02. The quantitative estimate of drug-likeness (QED) is 0.834. The lowest BCUT2D eigenvalue weighted by Crippen LogP contribution is -2.04. The number of hydrogen-bond donors (Lipinski definition) is 1. The Morgan fingerprint density at radius 3 is 2.69 bits per heavy atom. The maximum absolute atomic E-state index is 10.2. The standard InChI is InChI=1S/C14H19ClO/c1-10-8-12(6-7-13(10)15)14(16)9-11-4-2-3-5-11/h6-8,11,14,16H,2-5,9H2,1H3. The van der Waals surface area contributed by atoms with E-state index in [1.54, 1.807) is 0 Å². The Bertz CT molecular complexity index is 356. The Kier molecular flexibility index (Phi) is 3.88. The van der Waals surface area contributed by atoms with Gasteiger partial charge in [-0.1, -0.05) is 49.4 Å². The third-order valence-corrected chi connectivity index (χ3v) is 4.02. The van der Waals surface area contributed by atoms with E-state index in [9.17, 15) is 5.11 Å². The Hall–Kier alpha value is -0.530. The van der Waals surface area contributed by atoms with E-state index in [1.165, 1.54) is 25.7 Å². The summed E-state index contributed by atoms with van der Waals surface area (Å²) >= 11 is 5.97. The molecular formula is C14H19ClO. The third kappa shape index (κ3) is 2.78. The van der Waals surface area contributed by atoms with Crippen molar-refractivity contribution in [1.29, 1.82) is 0 Å². The van der Waals surface area contributed by atoms with Crippen LogP contribution in [0.25, 0.3) is 0 Å². The van der Waals surface area contributed by atoms with E-state index >= 15 is 0 Å². The van der Waals surface area contributed by atoms with Gasteiger partial charge in [0.25, 0.3) is 0 Å². The van der Waals surface area contributed by atoms with Gasteiger partial charge in [-0.3, -0.25) is 0 Å². The molecule has 16 heavy (non-hydrogen) atoms. The number of halogens is 1. The minimum absolute atomic E-state index is 0.320. The molecule has 1 aromatic carbocycles. The van der Waals surface area contributed by atoms with Crippen LogP contribution in [0.5, 0.6) is 0 Å². The lowest BCUT2D eigenvalue weighted by Gasteiger charge is -2.16. The van der Waals surface area contributed by atoms with Gasteiger partial charge in [0.05, 0.1) is 6.10 Å². The highest BCUT2D eigenvalue weighted by Crippen LogP contribution is 2.33. The molecule has 88 valence electrons. The van der Waals surface area contributed by atoms with Crippen LogP contribution in [-0.4, -0.2) is 5.11 Å². The number of aliphatic hydroxyl groups excluding tert-OH is 1. The van der Waals surface area contributed by atoms with Crippen LogP contribution >= 0.6 is 11.6 Å². The molecule has 1 aromatic rings. The first-order chi connectivity index (χ1) is 7.66. The topological polar surface area (TPSA) is 20.2 Å². The zero-order valence-corrected chi connectivity index (χ0v) is 10.5. The second-order valence-electron chi connectivity index (χ2n) is 4.91. The van der Waals surface area contributed by atoms with Crippen molar-refractivity contribution in [1.82, 2.24) is 0 Å². The highest BCUT2D eigenvalue weighted by Gasteiger charge is 2.19. The predicted molar refractivity (Wildman–Crippen MR) is 67.7 cm³/mol. The number of aryl methyl sites for hydroxylation is 1. The molecule has 1 unspecified atom stereocenters. The van der Waals surface area contributed by atoms with Crippen LogP contribution in [0.4, 0.5) is 0 Å². The van der Waals surface area contributed by atoms with Gasteiger partial charge in [-0.05, 0) is 36.5 Å². The van der Waals surface area contributed by atoms with Gasteiger partial charge in [0, 0.05) is 5.02 Å². The number of aliphatic hydroxyl groups is 1. The molecule has 0 heterocycles. The lowest BCUT2D eigenvalue weighted by molar-refractivity contribution is 0.145. The minimum atomic E-state index is -0.320. The summed E-state index contributed by atoms with van der Waals surface area (Å²) in [6.07, 6.45) is 5.81. The monoisotopic (exact) mass is 238 g/mol. The minimum Gasteiger partial charge on any atom is -0.388 e. The highest BCUT2D eigenvalue weighted by atomic mass is 35.5. The number of rotatable bonds is 3. The summed E-state index contributed by atoms with van der Waals surface area (Å²) < 4.78 is 0. The van der Waals surface area contributed by atoms with Crippen molar-refractivity contribution < 1.29 is 5.11 Å². The number of benzene rings is 1. The number of hydrogen-bond acceptors (Lipinski definition) is 1. The van der Waals surface area contributed by atoms with Crippen LogP contribution < -0.4 is 0 Å². The smallest absolute Gasteiger partial charge is 0.0792 e. The third-order valence-electron chi connectivity index (χ3n) is 3.60. The molecule has 0 radical (unpaired) electrons. The first-order valence-electron chi connectivity index (χ1n) is 6.11. The zero-order valence-electron chi connectivity index (χ0n) is 9.75. The largest absolute Gasteiger partial charge is 0.388 e. The molecule has 0 amide bonds. The summed E-state index contributed by atoms with van der Waals surface area (Å²) in [6.45, 7) is 1.98. The summed E-state index contributed by atoms with van der Waals surface area (Å²) in [4.78, 5) is 0. The van der Waals surface area contributed by atoms with E-state index in [0.717, 1.165) is 22.6 Å². The summed E-state index contributed by atoms with van der Waals surface area (Å²) in [5.74, 6) is 0.714. The van der Waals surface area contributed by atoms with Crippen molar-refractivity contribution in [3.05, 3.63) is 34.3 Å². The molecule has 0 bridgehead atoms. The molecule has 1 aliphatic rings. The van der Waals surface area contributed by atoms with Crippen molar-refractivity contribution in [2.24, 2.45) is 5.92 Å². The molecule has 1 fully saturated rings. The van der Waals surface area contributed by atoms with Gasteiger partial charge in [-0.25, -0.2) is 0 Å². The first kappa shape index (κ1) is 11.9. The van der Waals surface area contributed by atoms with Crippen LogP contribution in [0.3, 0.4) is 0 Å². The van der Waals surface area contributed by atoms with E-state index in [4.69, 9.17) is 11.6 Å². The maximum Gasteiger partial charge on any atom is 0.0792 e. The van der Waals surface area contributed by atoms with Gasteiger partial charge < -0.3 is 5.11 Å². The fourth-order valence-electron chi connectivity index (χ4n) is 2.57. The molecule has 1 N–H and O–H groups in total. The SMILES string of the molecule is Cc1cc(C(O)CC2CCCC2)ccc1Cl. The van der Waals surface area contributed by atoms with Gasteiger partial charge in [-0.2, -0.15) is 0 Å². The highest BCUT2D eigenvalue weighted by molar-refractivity contribution is 6.31. The van der Waals surface area contributed by atoms with E-state index < -0.39 is 0 Å². The van der Waals surface area contributed by atoms with Gasteiger partial charge in [0.15, 0.2) is 0 Å². The van der Waals surface area contributed by atoms with Gasteiger partial charge in [-0.15, -0.1) is 0 Å². The fourth-order valence-corrected chi connectivity index (χ4v) is 2.69. The van der Waals surface area contributed by atoms with E-state index in [2.05, 4.69) is 0 Å². The molecule has 0 spiro atoms. The van der Waals surface area contributed by atoms with Crippen molar-refractivity contribution in [2.75, 3.05) is 0 Å². The van der Waals surface area contributed by atoms with E-state index in [-0.39, 0.29) is 6.10 Å². The van der Waals surface area contributed by atoms with Crippen LogP contribution in [-0.2, 0) is 0 Å². The summed E-state index contributed by atoms with van der Waals surface area (Å²) in [6, 6.07) is 5.82. The van der Waals surface area contributed by atoms with Crippen LogP contribution in [0, 0.1) is 12.8 Å². The molecule has 1 atom stereocenters. The molecule has 2 heteroatoms. The fraction of sp³-hybridized carbons (Fsp3) is 0.571. The molecule has 1 nitrogen and oxygen atoms in total. The average Bonchev–Trinajstić information content (AvgIpc) is 2.74. The van der Waals surface area contributed by atoms with Crippen molar-refractivity contribution in [2.45, 2.75) is 45.1 Å². The Labute approximate surface area is 102 Å².